The highest BCUT2D eigenvalue weighted by Gasteiger charge is 2.16. The normalized spacial score (nSPS) is 11.7. The molecule has 0 aliphatic heterocycles. The van der Waals surface area contributed by atoms with Gasteiger partial charge in [-0.15, -0.1) is 11.6 Å². The zero-order valence-electron chi connectivity index (χ0n) is 8.97. The summed E-state index contributed by atoms with van der Waals surface area (Å²) in [5.41, 5.74) is 1.02. The molecular weight excluding hydrogens is 242 g/mol. The Morgan fingerprint density at radius 1 is 1.47 bits per heavy atom. The lowest BCUT2D eigenvalue weighted by molar-refractivity contribution is 0.211. The molecule has 0 saturated heterocycles. The van der Waals surface area contributed by atoms with Crippen LogP contribution in [0.4, 0.5) is 5.69 Å². The predicted molar refractivity (Wildman–Crippen MR) is 66.2 cm³/mol. The Morgan fingerprint density at radius 3 is 2.71 bits per heavy atom. The van der Waals surface area contributed by atoms with Gasteiger partial charge in [0, 0.05) is 17.7 Å². The highest BCUT2D eigenvalue weighted by Crippen LogP contribution is 2.08. The minimum Gasteiger partial charge on any atom is -0.423 e. The van der Waals surface area contributed by atoms with Crippen LogP contribution in [-0.4, -0.2) is 40.8 Å². The molecule has 0 amide bonds. The highest BCUT2D eigenvalue weighted by molar-refractivity contribution is 6.60. The summed E-state index contributed by atoms with van der Waals surface area (Å²) in [6, 6.07) is 6.35. The number of aliphatic hydroxyl groups excluding tert-OH is 1. The second kappa shape index (κ2) is 6.47. The van der Waals surface area contributed by atoms with Gasteiger partial charge < -0.3 is 20.5 Å². The first-order chi connectivity index (χ1) is 8.08. The molecule has 0 aromatic heterocycles. The van der Waals surface area contributed by atoms with Crippen molar-refractivity contribution >= 4 is 29.9 Å². The minimum absolute atomic E-state index is 0.0714. The number of nitriles is 1. The first kappa shape index (κ1) is 13.8. The van der Waals surface area contributed by atoms with Crippen molar-refractivity contribution in [3.63, 3.8) is 0 Å². The molecule has 0 bridgehead atoms. The van der Waals surface area contributed by atoms with E-state index >= 15 is 0 Å². The zero-order valence-corrected chi connectivity index (χ0v) is 9.72. The van der Waals surface area contributed by atoms with Crippen LogP contribution in [0.2, 0.25) is 0 Å². The van der Waals surface area contributed by atoms with Crippen LogP contribution < -0.4 is 10.8 Å². The van der Waals surface area contributed by atoms with Crippen LogP contribution >= 0.6 is 11.6 Å². The van der Waals surface area contributed by atoms with Gasteiger partial charge in [-0.3, -0.25) is 0 Å². The first-order valence-corrected chi connectivity index (χ1v) is 5.50. The predicted octanol–water partition coefficient (Wildman–Crippen LogP) is -0.750. The van der Waals surface area contributed by atoms with Crippen molar-refractivity contribution in [1.29, 1.82) is 5.26 Å². The summed E-state index contributed by atoms with van der Waals surface area (Å²) in [4.78, 5) is 0. The summed E-state index contributed by atoms with van der Waals surface area (Å²) >= 11 is 5.44. The summed E-state index contributed by atoms with van der Waals surface area (Å²) in [6.07, 6.45) is -0.744. The van der Waals surface area contributed by atoms with Crippen molar-refractivity contribution in [3.05, 3.63) is 23.8 Å². The smallest absolute Gasteiger partial charge is 0.423 e. The molecule has 17 heavy (non-hydrogen) atoms. The topological polar surface area (TPSA) is 96.5 Å². The maximum absolute atomic E-state index is 9.29. The number of benzene rings is 1. The SMILES string of the molecule is N#Cc1ccc(B(O)O)c(NCC(O)CCl)c1. The van der Waals surface area contributed by atoms with Gasteiger partial charge in [-0.1, -0.05) is 6.07 Å². The van der Waals surface area contributed by atoms with Crippen molar-refractivity contribution in [2.24, 2.45) is 0 Å². The van der Waals surface area contributed by atoms with Gasteiger partial charge >= 0.3 is 7.12 Å². The van der Waals surface area contributed by atoms with Gasteiger partial charge in [0.25, 0.3) is 0 Å². The van der Waals surface area contributed by atoms with E-state index in [0.717, 1.165) is 0 Å². The molecule has 0 aliphatic rings. The average molecular weight is 254 g/mol. The molecule has 1 aromatic carbocycles. The number of rotatable bonds is 5. The number of alkyl halides is 1. The molecule has 90 valence electrons. The molecule has 0 fully saturated rings. The maximum atomic E-state index is 9.29. The van der Waals surface area contributed by atoms with E-state index in [0.29, 0.717) is 11.3 Å². The molecule has 1 unspecified atom stereocenters. The number of aliphatic hydroxyl groups is 1. The maximum Gasteiger partial charge on any atom is 0.490 e. The van der Waals surface area contributed by atoms with E-state index in [9.17, 15) is 5.11 Å². The van der Waals surface area contributed by atoms with Gasteiger partial charge in [0.05, 0.1) is 23.6 Å². The third kappa shape index (κ3) is 3.91. The van der Waals surface area contributed by atoms with Crippen LogP contribution in [0.1, 0.15) is 5.56 Å². The average Bonchev–Trinajstić information content (AvgIpc) is 2.35. The third-order valence-corrected chi connectivity index (χ3v) is 2.52. The highest BCUT2D eigenvalue weighted by atomic mass is 35.5. The quantitative estimate of drug-likeness (QED) is 0.409. The van der Waals surface area contributed by atoms with Crippen molar-refractivity contribution in [2.45, 2.75) is 6.10 Å². The Kier molecular flexibility index (Phi) is 5.26. The van der Waals surface area contributed by atoms with Crippen molar-refractivity contribution in [3.8, 4) is 6.07 Å². The Bertz CT molecular complexity index is 423. The summed E-state index contributed by atoms with van der Waals surface area (Å²) in [7, 11) is -1.64. The van der Waals surface area contributed by atoms with E-state index < -0.39 is 13.2 Å². The van der Waals surface area contributed by atoms with Crippen LogP contribution in [0.5, 0.6) is 0 Å². The van der Waals surface area contributed by atoms with Crippen molar-refractivity contribution in [1.82, 2.24) is 0 Å². The molecule has 1 aromatic rings. The van der Waals surface area contributed by atoms with E-state index in [1.807, 2.05) is 6.07 Å². The molecule has 0 spiro atoms. The Morgan fingerprint density at radius 2 is 2.18 bits per heavy atom. The monoisotopic (exact) mass is 254 g/mol. The van der Waals surface area contributed by atoms with Crippen LogP contribution in [0.3, 0.4) is 0 Å². The standard InChI is InChI=1S/C10H12BClN2O3/c12-4-8(15)6-14-10-3-7(5-13)1-2-9(10)11(16)17/h1-3,8,14-17H,4,6H2. The Hall–Kier alpha value is -1.26. The molecule has 1 atom stereocenters. The van der Waals surface area contributed by atoms with E-state index in [-0.39, 0.29) is 17.9 Å². The molecule has 0 aliphatic carbocycles. The molecule has 0 radical (unpaired) electrons. The summed E-state index contributed by atoms with van der Waals surface area (Å²) in [5.74, 6) is 0.0714. The van der Waals surface area contributed by atoms with Gasteiger partial charge in [0.1, 0.15) is 0 Å². The van der Waals surface area contributed by atoms with Crippen LogP contribution in [0, 0.1) is 11.3 Å². The van der Waals surface area contributed by atoms with Crippen LogP contribution in [0.25, 0.3) is 0 Å². The summed E-state index contributed by atoms with van der Waals surface area (Å²) in [5, 5.41) is 39.1. The number of anilines is 1. The zero-order chi connectivity index (χ0) is 12.8. The van der Waals surface area contributed by atoms with Gasteiger partial charge in [-0.25, -0.2) is 0 Å². The summed E-state index contributed by atoms with van der Waals surface area (Å²) < 4.78 is 0. The molecular formula is C10H12BClN2O3. The number of hydrogen-bond acceptors (Lipinski definition) is 5. The van der Waals surface area contributed by atoms with Gasteiger partial charge in [0.15, 0.2) is 0 Å². The number of nitrogens with one attached hydrogen (secondary N) is 1. The lowest BCUT2D eigenvalue weighted by Gasteiger charge is -2.14. The molecule has 1 rings (SSSR count). The van der Waals surface area contributed by atoms with Crippen LogP contribution in [-0.2, 0) is 0 Å². The van der Waals surface area contributed by atoms with Crippen LogP contribution in [0.15, 0.2) is 18.2 Å². The Balaban J connectivity index is 2.90. The minimum atomic E-state index is -1.64. The number of halogens is 1. The fourth-order valence-electron chi connectivity index (χ4n) is 1.29. The van der Waals surface area contributed by atoms with Gasteiger partial charge in [-0.2, -0.15) is 5.26 Å². The van der Waals surface area contributed by atoms with Gasteiger partial charge in [0.2, 0.25) is 0 Å². The molecule has 0 saturated carbocycles. The second-order valence-electron chi connectivity index (χ2n) is 3.48. The van der Waals surface area contributed by atoms with E-state index in [2.05, 4.69) is 5.32 Å². The Labute approximate surface area is 104 Å². The molecule has 5 nitrogen and oxygen atoms in total. The lowest BCUT2D eigenvalue weighted by Crippen LogP contribution is -2.34. The first-order valence-electron chi connectivity index (χ1n) is 4.96. The fourth-order valence-corrected chi connectivity index (χ4v) is 1.40. The van der Waals surface area contributed by atoms with E-state index in [4.69, 9.17) is 26.9 Å². The second-order valence-corrected chi connectivity index (χ2v) is 3.79. The lowest BCUT2D eigenvalue weighted by atomic mass is 9.78. The van der Waals surface area contributed by atoms with E-state index in [1.54, 1.807) is 0 Å². The molecule has 0 heterocycles. The number of nitrogens with zero attached hydrogens (tertiary/aromatic N) is 1. The molecule has 4 N–H and O–H groups in total. The van der Waals surface area contributed by atoms with Crippen molar-refractivity contribution in [2.75, 3.05) is 17.7 Å². The van der Waals surface area contributed by atoms with Crippen molar-refractivity contribution < 1.29 is 15.2 Å². The van der Waals surface area contributed by atoms with Gasteiger partial charge in [-0.05, 0) is 12.1 Å². The fraction of sp³-hybridized carbons (Fsp3) is 0.300. The largest absolute Gasteiger partial charge is 0.490 e. The molecule has 7 heteroatoms. The number of hydrogen-bond donors (Lipinski definition) is 4. The van der Waals surface area contributed by atoms with E-state index in [1.165, 1.54) is 18.2 Å². The summed E-state index contributed by atoms with van der Waals surface area (Å²) in [6.45, 7) is 0.165. The third-order valence-electron chi connectivity index (χ3n) is 2.17.